The molecular formula is C14H18F3N3. The lowest BCUT2D eigenvalue weighted by Crippen LogP contribution is -2.23. The molecule has 0 amide bonds. The fourth-order valence-corrected chi connectivity index (χ4v) is 1.85. The molecular weight excluding hydrogens is 267 g/mol. The van der Waals surface area contributed by atoms with Gasteiger partial charge in [0.05, 0.1) is 17.2 Å². The van der Waals surface area contributed by atoms with Gasteiger partial charge in [-0.05, 0) is 45.3 Å². The molecule has 110 valence electrons. The van der Waals surface area contributed by atoms with Gasteiger partial charge in [-0.25, -0.2) is 0 Å². The standard InChI is InChI=1S/C14H18F3N3/c1-19(2)7-4-8-20(3)12-6-5-11(10-18)13(9-12)14(15,16)17/h5-6,9H,4,7-8H2,1-3H3. The summed E-state index contributed by atoms with van der Waals surface area (Å²) in [6.07, 6.45) is -3.66. The Morgan fingerprint density at radius 2 is 1.80 bits per heavy atom. The van der Waals surface area contributed by atoms with E-state index in [0.717, 1.165) is 19.0 Å². The lowest BCUT2D eigenvalue weighted by molar-refractivity contribution is -0.137. The highest BCUT2D eigenvalue weighted by atomic mass is 19.4. The minimum Gasteiger partial charge on any atom is -0.375 e. The van der Waals surface area contributed by atoms with Crippen molar-refractivity contribution in [2.24, 2.45) is 0 Å². The first-order valence-electron chi connectivity index (χ1n) is 6.23. The Labute approximate surface area is 117 Å². The van der Waals surface area contributed by atoms with Crippen LogP contribution < -0.4 is 4.90 Å². The van der Waals surface area contributed by atoms with Crippen molar-refractivity contribution in [2.75, 3.05) is 39.1 Å². The van der Waals surface area contributed by atoms with E-state index in [1.807, 2.05) is 19.0 Å². The van der Waals surface area contributed by atoms with Crippen LogP contribution in [0.1, 0.15) is 17.5 Å². The molecule has 20 heavy (non-hydrogen) atoms. The van der Waals surface area contributed by atoms with Crippen molar-refractivity contribution in [3.63, 3.8) is 0 Å². The number of nitriles is 1. The summed E-state index contributed by atoms with van der Waals surface area (Å²) in [6.45, 7) is 1.52. The Kier molecular flexibility index (Phi) is 5.40. The molecule has 0 spiro atoms. The monoisotopic (exact) mass is 285 g/mol. The van der Waals surface area contributed by atoms with Crippen LogP contribution in [0.2, 0.25) is 0 Å². The molecule has 0 aliphatic carbocycles. The van der Waals surface area contributed by atoms with Gasteiger partial charge in [0.25, 0.3) is 0 Å². The second-order valence-corrected chi connectivity index (χ2v) is 4.92. The first-order valence-corrected chi connectivity index (χ1v) is 6.23. The Hall–Kier alpha value is -1.74. The third kappa shape index (κ3) is 4.42. The summed E-state index contributed by atoms with van der Waals surface area (Å²) >= 11 is 0. The Morgan fingerprint density at radius 3 is 2.30 bits per heavy atom. The number of rotatable bonds is 5. The Balaban J connectivity index is 2.89. The van der Waals surface area contributed by atoms with Crippen LogP contribution in [-0.2, 0) is 6.18 Å². The van der Waals surface area contributed by atoms with E-state index in [1.54, 1.807) is 24.1 Å². The number of halogens is 3. The van der Waals surface area contributed by atoms with Gasteiger partial charge < -0.3 is 9.80 Å². The molecule has 1 aromatic rings. The Bertz CT molecular complexity index is 489. The average molecular weight is 285 g/mol. The van der Waals surface area contributed by atoms with Gasteiger partial charge in [0.2, 0.25) is 0 Å². The fourth-order valence-electron chi connectivity index (χ4n) is 1.85. The Morgan fingerprint density at radius 1 is 1.15 bits per heavy atom. The summed E-state index contributed by atoms with van der Waals surface area (Å²) < 4.78 is 38.6. The molecule has 0 unspecified atom stereocenters. The maximum Gasteiger partial charge on any atom is 0.417 e. The topological polar surface area (TPSA) is 30.3 Å². The molecule has 0 heterocycles. The van der Waals surface area contributed by atoms with Gasteiger partial charge >= 0.3 is 6.18 Å². The van der Waals surface area contributed by atoms with Gasteiger partial charge in [0.1, 0.15) is 0 Å². The largest absolute Gasteiger partial charge is 0.417 e. The smallest absolute Gasteiger partial charge is 0.375 e. The van der Waals surface area contributed by atoms with E-state index in [-0.39, 0.29) is 5.56 Å². The maximum atomic E-state index is 12.9. The summed E-state index contributed by atoms with van der Waals surface area (Å²) in [4.78, 5) is 3.79. The lowest BCUT2D eigenvalue weighted by Gasteiger charge is -2.22. The summed E-state index contributed by atoms with van der Waals surface area (Å²) in [5, 5.41) is 8.74. The lowest BCUT2D eigenvalue weighted by atomic mass is 10.1. The van der Waals surface area contributed by atoms with E-state index in [9.17, 15) is 13.2 Å². The van der Waals surface area contributed by atoms with Crippen LogP contribution in [0.25, 0.3) is 0 Å². The molecule has 0 fully saturated rings. The highest BCUT2D eigenvalue weighted by molar-refractivity contribution is 5.54. The minimum atomic E-state index is -4.51. The van der Waals surface area contributed by atoms with Crippen LogP contribution in [0.4, 0.5) is 18.9 Å². The van der Waals surface area contributed by atoms with Gasteiger partial charge in [0.15, 0.2) is 0 Å². The second-order valence-electron chi connectivity index (χ2n) is 4.92. The van der Waals surface area contributed by atoms with Crippen molar-refractivity contribution < 1.29 is 13.2 Å². The summed E-state index contributed by atoms with van der Waals surface area (Å²) in [5.41, 5.74) is -0.755. The molecule has 0 N–H and O–H groups in total. The molecule has 0 atom stereocenters. The minimum absolute atomic E-state index is 0.344. The molecule has 0 radical (unpaired) electrons. The van der Waals surface area contributed by atoms with Crippen molar-refractivity contribution in [3.8, 4) is 6.07 Å². The van der Waals surface area contributed by atoms with Crippen molar-refractivity contribution in [1.82, 2.24) is 4.90 Å². The molecule has 1 rings (SSSR count). The van der Waals surface area contributed by atoms with Crippen LogP contribution in [0.5, 0.6) is 0 Å². The summed E-state index contributed by atoms with van der Waals surface area (Å²) in [6, 6.07) is 5.39. The maximum absolute atomic E-state index is 12.9. The van der Waals surface area contributed by atoms with Gasteiger partial charge in [-0.2, -0.15) is 18.4 Å². The zero-order valence-electron chi connectivity index (χ0n) is 11.8. The fraction of sp³-hybridized carbons (Fsp3) is 0.500. The molecule has 6 heteroatoms. The number of benzene rings is 1. The van der Waals surface area contributed by atoms with Crippen LogP contribution >= 0.6 is 0 Å². The van der Waals surface area contributed by atoms with Crippen LogP contribution in [0, 0.1) is 11.3 Å². The molecule has 0 aromatic heterocycles. The molecule has 0 saturated carbocycles. The first-order chi connectivity index (χ1) is 9.25. The highest BCUT2D eigenvalue weighted by Crippen LogP contribution is 2.34. The van der Waals surface area contributed by atoms with Crippen LogP contribution in [0.3, 0.4) is 0 Å². The SMILES string of the molecule is CN(C)CCCN(C)c1ccc(C#N)c(C(F)(F)F)c1. The zero-order chi connectivity index (χ0) is 15.3. The number of hydrogen-bond acceptors (Lipinski definition) is 3. The van der Waals surface area contributed by atoms with Crippen LogP contribution in [-0.4, -0.2) is 39.1 Å². The number of hydrogen-bond donors (Lipinski definition) is 0. The zero-order valence-corrected chi connectivity index (χ0v) is 11.8. The highest BCUT2D eigenvalue weighted by Gasteiger charge is 2.34. The van der Waals surface area contributed by atoms with E-state index in [0.29, 0.717) is 12.2 Å². The van der Waals surface area contributed by atoms with Crippen molar-refractivity contribution >= 4 is 5.69 Å². The van der Waals surface area contributed by atoms with E-state index < -0.39 is 11.7 Å². The van der Waals surface area contributed by atoms with Gasteiger partial charge in [-0.1, -0.05) is 0 Å². The number of nitrogens with zero attached hydrogens (tertiary/aromatic N) is 3. The van der Waals surface area contributed by atoms with Gasteiger partial charge in [-0.15, -0.1) is 0 Å². The molecule has 0 aliphatic heterocycles. The number of alkyl halides is 3. The third-order valence-electron chi connectivity index (χ3n) is 2.97. The number of anilines is 1. The van der Waals surface area contributed by atoms with E-state index in [1.165, 1.54) is 6.07 Å². The van der Waals surface area contributed by atoms with Crippen molar-refractivity contribution in [3.05, 3.63) is 29.3 Å². The van der Waals surface area contributed by atoms with Crippen molar-refractivity contribution in [2.45, 2.75) is 12.6 Å². The molecule has 0 bridgehead atoms. The molecule has 0 aliphatic rings. The van der Waals surface area contributed by atoms with Crippen molar-refractivity contribution in [1.29, 1.82) is 5.26 Å². The second kappa shape index (κ2) is 6.62. The van der Waals surface area contributed by atoms with E-state index >= 15 is 0 Å². The van der Waals surface area contributed by atoms with Crippen LogP contribution in [0.15, 0.2) is 18.2 Å². The molecule has 3 nitrogen and oxygen atoms in total. The normalized spacial score (nSPS) is 11.5. The van der Waals surface area contributed by atoms with E-state index in [2.05, 4.69) is 0 Å². The van der Waals surface area contributed by atoms with E-state index in [4.69, 9.17) is 5.26 Å². The molecule has 1 aromatic carbocycles. The first kappa shape index (κ1) is 16.3. The predicted octanol–water partition coefficient (Wildman–Crippen LogP) is 2.96. The quantitative estimate of drug-likeness (QED) is 0.833. The van der Waals surface area contributed by atoms with Gasteiger partial charge in [0, 0.05) is 19.3 Å². The summed E-state index contributed by atoms with van der Waals surface area (Å²) in [5.74, 6) is 0. The summed E-state index contributed by atoms with van der Waals surface area (Å²) in [7, 11) is 5.64. The molecule has 0 saturated heterocycles. The third-order valence-corrected chi connectivity index (χ3v) is 2.97. The van der Waals surface area contributed by atoms with Gasteiger partial charge in [-0.3, -0.25) is 0 Å². The predicted molar refractivity (Wildman–Crippen MR) is 72.6 cm³/mol. The average Bonchev–Trinajstić information content (AvgIpc) is 2.36.